The van der Waals surface area contributed by atoms with Crippen molar-refractivity contribution in [2.75, 3.05) is 13.7 Å². The normalized spacial score (nSPS) is 12.4. The van der Waals surface area contributed by atoms with Crippen molar-refractivity contribution in [2.45, 2.75) is 31.3 Å². The van der Waals surface area contributed by atoms with Crippen molar-refractivity contribution >= 4 is 15.9 Å². The number of methoxy groups -OCH3 is 1. The van der Waals surface area contributed by atoms with Crippen LogP contribution < -0.4 is 10.1 Å². The lowest BCUT2D eigenvalue weighted by Crippen LogP contribution is -2.41. The Kier molecular flexibility index (Phi) is 7.84. The second-order valence-corrected chi connectivity index (χ2v) is 9.65. The molecule has 6 nitrogen and oxygen atoms in total. The number of benzene rings is 3. The van der Waals surface area contributed by atoms with Gasteiger partial charge in [-0.1, -0.05) is 54.1 Å². The minimum absolute atomic E-state index is 0.0371. The van der Waals surface area contributed by atoms with E-state index in [0.29, 0.717) is 5.75 Å². The maximum absolute atomic E-state index is 14.3. The number of nitrogens with one attached hydrogen (secondary N) is 1. The molecule has 1 unspecified atom stereocenters. The first-order chi connectivity index (χ1) is 15.7. The highest BCUT2D eigenvalue weighted by molar-refractivity contribution is 7.89. The van der Waals surface area contributed by atoms with Crippen molar-refractivity contribution in [3.8, 4) is 5.75 Å². The van der Waals surface area contributed by atoms with Gasteiger partial charge in [0, 0.05) is 17.7 Å². The molecule has 1 N–H and O–H groups in total. The van der Waals surface area contributed by atoms with E-state index in [0.717, 1.165) is 15.4 Å². The van der Waals surface area contributed by atoms with Crippen molar-refractivity contribution in [3.05, 3.63) is 95.3 Å². The zero-order valence-electron chi connectivity index (χ0n) is 18.8. The number of sulfonamides is 1. The Morgan fingerprint density at radius 3 is 2.33 bits per heavy atom. The fourth-order valence-electron chi connectivity index (χ4n) is 3.45. The number of rotatable bonds is 9. The summed E-state index contributed by atoms with van der Waals surface area (Å²) < 4.78 is 47.3. The molecular formula is C25H27FN2O4S. The summed E-state index contributed by atoms with van der Waals surface area (Å²) >= 11 is 0. The van der Waals surface area contributed by atoms with Crippen LogP contribution in [0.5, 0.6) is 5.75 Å². The van der Waals surface area contributed by atoms with Crippen molar-refractivity contribution < 1.29 is 22.3 Å². The van der Waals surface area contributed by atoms with E-state index in [9.17, 15) is 17.6 Å². The Labute approximate surface area is 194 Å². The Balaban J connectivity index is 1.86. The van der Waals surface area contributed by atoms with Gasteiger partial charge in [0.1, 0.15) is 11.6 Å². The van der Waals surface area contributed by atoms with Crippen LogP contribution in [0.4, 0.5) is 4.39 Å². The smallest absolute Gasteiger partial charge is 0.243 e. The van der Waals surface area contributed by atoms with Gasteiger partial charge >= 0.3 is 0 Å². The molecule has 0 radical (unpaired) electrons. The molecule has 0 saturated heterocycles. The number of nitrogens with zero attached hydrogens (tertiary/aromatic N) is 1. The molecule has 3 rings (SSSR count). The van der Waals surface area contributed by atoms with E-state index in [-0.39, 0.29) is 17.0 Å². The average molecular weight is 471 g/mol. The third-order valence-electron chi connectivity index (χ3n) is 5.27. The molecule has 1 amide bonds. The molecule has 0 saturated carbocycles. The molecule has 1 atom stereocenters. The van der Waals surface area contributed by atoms with Crippen LogP contribution in [-0.4, -0.2) is 32.3 Å². The van der Waals surface area contributed by atoms with Gasteiger partial charge in [-0.15, -0.1) is 0 Å². The highest BCUT2D eigenvalue weighted by Gasteiger charge is 2.28. The van der Waals surface area contributed by atoms with Crippen LogP contribution in [0.3, 0.4) is 0 Å². The van der Waals surface area contributed by atoms with Crippen LogP contribution in [0.2, 0.25) is 0 Å². The maximum Gasteiger partial charge on any atom is 0.243 e. The highest BCUT2D eigenvalue weighted by atomic mass is 32.2. The first-order valence-corrected chi connectivity index (χ1v) is 11.9. The second-order valence-electron chi connectivity index (χ2n) is 7.71. The molecule has 0 aliphatic heterocycles. The Bertz CT molecular complexity index is 1210. The second kappa shape index (κ2) is 10.6. The number of hydrogen-bond donors (Lipinski definition) is 1. The summed E-state index contributed by atoms with van der Waals surface area (Å²) in [5, 5.41) is 2.82. The standard InChI is InChI=1S/C25H27FN2O4S/c1-18-12-14-21(15-13-18)33(30,31)28(16-20-8-4-6-10-23(20)26)17-25(29)27-19(2)22-9-5-7-11-24(22)32-3/h4-15,19H,16-17H2,1-3H3,(H,27,29). The molecule has 0 bridgehead atoms. The molecule has 8 heteroatoms. The van der Waals surface area contributed by atoms with Crippen LogP contribution in [0, 0.1) is 12.7 Å². The van der Waals surface area contributed by atoms with E-state index in [1.54, 1.807) is 31.2 Å². The fourth-order valence-corrected chi connectivity index (χ4v) is 4.83. The van der Waals surface area contributed by atoms with Crippen molar-refractivity contribution in [3.63, 3.8) is 0 Å². The highest BCUT2D eigenvalue weighted by Crippen LogP contribution is 2.25. The largest absolute Gasteiger partial charge is 0.496 e. The molecule has 3 aromatic carbocycles. The summed E-state index contributed by atoms with van der Waals surface area (Å²) in [7, 11) is -2.52. The molecule has 0 aromatic heterocycles. The first kappa shape index (κ1) is 24.4. The summed E-state index contributed by atoms with van der Waals surface area (Å²) in [6.45, 7) is 2.88. The zero-order valence-corrected chi connectivity index (χ0v) is 19.6. The van der Waals surface area contributed by atoms with E-state index in [2.05, 4.69) is 5.32 Å². The number of halogens is 1. The third kappa shape index (κ3) is 5.97. The van der Waals surface area contributed by atoms with Crippen LogP contribution >= 0.6 is 0 Å². The van der Waals surface area contributed by atoms with Gasteiger partial charge in [-0.05, 0) is 38.1 Å². The van der Waals surface area contributed by atoms with E-state index in [1.165, 1.54) is 37.4 Å². The summed E-state index contributed by atoms with van der Waals surface area (Å²) in [5.74, 6) is -0.439. The number of amides is 1. The monoisotopic (exact) mass is 470 g/mol. The van der Waals surface area contributed by atoms with E-state index in [1.807, 2.05) is 25.1 Å². The van der Waals surface area contributed by atoms with Gasteiger partial charge in [0.2, 0.25) is 15.9 Å². The van der Waals surface area contributed by atoms with Gasteiger partial charge < -0.3 is 10.1 Å². The molecule has 0 heterocycles. The molecule has 33 heavy (non-hydrogen) atoms. The van der Waals surface area contributed by atoms with Gasteiger partial charge in [0.25, 0.3) is 0 Å². The topological polar surface area (TPSA) is 75.7 Å². The number of hydrogen-bond acceptors (Lipinski definition) is 4. The van der Waals surface area contributed by atoms with Crippen LogP contribution in [0.1, 0.15) is 29.7 Å². The lowest BCUT2D eigenvalue weighted by atomic mass is 10.1. The molecule has 174 valence electrons. The molecular weight excluding hydrogens is 443 g/mol. The van der Waals surface area contributed by atoms with Gasteiger partial charge in [-0.2, -0.15) is 4.31 Å². The summed E-state index contributed by atoms with van der Waals surface area (Å²) in [6.07, 6.45) is 0. The van der Waals surface area contributed by atoms with Gasteiger partial charge in [0.05, 0.1) is 24.6 Å². The van der Waals surface area contributed by atoms with E-state index < -0.39 is 34.3 Å². The minimum Gasteiger partial charge on any atom is -0.496 e. The number of aryl methyl sites for hydroxylation is 1. The zero-order chi connectivity index (χ0) is 24.0. The fraction of sp³-hybridized carbons (Fsp3) is 0.240. The van der Waals surface area contributed by atoms with Gasteiger partial charge in [-0.3, -0.25) is 4.79 Å². The number of carbonyl (C=O) groups excluding carboxylic acids is 1. The summed E-state index contributed by atoms with van der Waals surface area (Å²) in [5.41, 5.74) is 1.84. The molecule has 0 fully saturated rings. The maximum atomic E-state index is 14.3. The lowest BCUT2D eigenvalue weighted by molar-refractivity contribution is -0.122. The number of ether oxygens (including phenoxy) is 1. The summed E-state index contributed by atoms with van der Waals surface area (Å²) in [6, 6.07) is 19.1. The first-order valence-electron chi connectivity index (χ1n) is 10.4. The van der Waals surface area contributed by atoms with Crippen LogP contribution in [0.25, 0.3) is 0 Å². The van der Waals surface area contributed by atoms with Crippen molar-refractivity contribution in [1.82, 2.24) is 9.62 Å². The molecule has 0 spiro atoms. The number of para-hydroxylation sites is 1. The number of carbonyl (C=O) groups is 1. The molecule has 0 aliphatic carbocycles. The lowest BCUT2D eigenvalue weighted by Gasteiger charge is -2.24. The summed E-state index contributed by atoms with van der Waals surface area (Å²) in [4.78, 5) is 12.9. The average Bonchev–Trinajstić information content (AvgIpc) is 2.80. The van der Waals surface area contributed by atoms with Crippen molar-refractivity contribution in [1.29, 1.82) is 0 Å². The predicted octanol–water partition coefficient (Wildman–Crippen LogP) is 4.21. The van der Waals surface area contributed by atoms with Gasteiger partial charge in [-0.25, -0.2) is 12.8 Å². The minimum atomic E-state index is -4.06. The van der Waals surface area contributed by atoms with Crippen LogP contribution in [-0.2, 0) is 21.4 Å². The Morgan fingerprint density at radius 2 is 1.67 bits per heavy atom. The van der Waals surface area contributed by atoms with Crippen molar-refractivity contribution in [2.24, 2.45) is 0 Å². The van der Waals surface area contributed by atoms with Crippen LogP contribution in [0.15, 0.2) is 77.7 Å². The quantitative estimate of drug-likeness (QED) is 0.508. The van der Waals surface area contributed by atoms with E-state index >= 15 is 0 Å². The molecule has 3 aromatic rings. The SMILES string of the molecule is COc1ccccc1C(C)NC(=O)CN(Cc1ccccc1F)S(=O)(=O)c1ccc(C)cc1. The Hall–Kier alpha value is -3.23. The third-order valence-corrected chi connectivity index (χ3v) is 7.07. The Morgan fingerprint density at radius 1 is 1.03 bits per heavy atom. The predicted molar refractivity (Wildman–Crippen MR) is 125 cm³/mol. The van der Waals surface area contributed by atoms with E-state index in [4.69, 9.17) is 4.74 Å². The van der Waals surface area contributed by atoms with Gasteiger partial charge in [0.15, 0.2) is 0 Å². The molecule has 0 aliphatic rings.